The van der Waals surface area contributed by atoms with Crippen LogP contribution in [0.4, 0.5) is 0 Å². The van der Waals surface area contributed by atoms with Crippen molar-refractivity contribution in [3.05, 3.63) is 53.7 Å². The normalized spacial score (nSPS) is 19.1. The maximum Gasteiger partial charge on any atom is 0.225 e. The fraction of sp³-hybridized carbons (Fsp3) is 0.429. The van der Waals surface area contributed by atoms with Crippen molar-refractivity contribution in [2.75, 3.05) is 13.1 Å². The molecule has 7 heteroatoms. The van der Waals surface area contributed by atoms with Gasteiger partial charge in [0.05, 0.1) is 24.3 Å². The monoisotopic (exact) mass is 376 g/mol. The number of fused-ring (bicyclic) bond motifs is 2. The lowest BCUT2D eigenvalue weighted by Gasteiger charge is -2.25. The van der Waals surface area contributed by atoms with Crippen LogP contribution in [0.1, 0.15) is 42.4 Å². The number of carbonyl (C=O) groups excluding carboxylic acids is 1. The molecule has 2 aromatic heterocycles. The van der Waals surface area contributed by atoms with E-state index < -0.39 is 0 Å². The molecule has 2 aliphatic rings. The fourth-order valence-corrected chi connectivity index (χ4v) is 4.29. The first kappa shape index (κ1) is 17.3. The molecule has 0 spiro atoms. The van der Waals surface area contributed by atoms with Gasteiger partial charge in [0, 0.05) is 55.3 Å². The van der Waals surface area contributed by atoms with E-state index in [0.717, 1.165) is 61.3 Å². The van der Waals surface area contributed by atoms with E-state index in [4.69, 9.17) is 4.98 Å². The number of nitrogens with one attached hydrogen (secondary N) is 1. The zero-order valence-corrected chi connectivity index (χ0v) is 15.8. The van der Waals surface area contributed by atoms with Crippen molar-refractivity contribution in [1.82, 2.24) is 30.0 Å². The summed E-state index contributed by atoms with van der Waals surface area (Å²) in [4.78, 5) is 24.3. The molecule has 0 saturated carbocycles. The smallest absolute Gasteiger partial charge is 0.225 e. The van der Waals surface area contributed by atoms with Gasteiger partial charge < -0.3 is 10.2 Å². The zero-order chi connectivity index (χ0) is 18.9. The Labute approximate surface area is 163 Å². The van der Waals surface area contributed by atoms with Crippen LogP contribution in [-0.2, 0) is 24.3 Å². The number of para-hydroxylation sites is 1. The molecule has 2 aliphatic heterocycles. The van der Waals surface area contributed by atoms with E-state index in [1.165, 1.54) is 5.56 Å². The Morgan fingerprint density at radius 3 is 3.14 bits per heavy atom. The molecule has 1 saturated heterocycles. The minimum Gasteiger partial charge on any atom is -0.332 e. The van der Waals surface area contributed by atoms with E-state index in [0.29, 0.717) is 13.0 Å². The second-order valence-corrected chi connectivity index (χ2v) is 7.55. The molecule has 1 aromatic carbocycles. The zero-order valence-electron chi connectivity index (χ0n) is 15.8. The lowest BCUT2D eigenvalue weighted by Crippen LogP contribution is -2.33. The Hall–Kier alpha value is -2.80. The van der Waals surface area contributed by atoms with Crippen molar-refractivity contribution in [3.8, 4) is 0 Å². The van der Waals surface area contributed by atoms with Gasteiger partial charge in [-0.1, -0.05) is 18.2 Å². The molecule has 0 bridgehead atoms. The molecule has 1 N–H and O–H groups in total. The standard InChI is InChI=1S/C21H24N6O/c28-20(8-11-27-18-5-2-1-4-15(18)14-24-27)26-10-3-6-19(26)21-23-13-16-12-22-9-7-17(16)25-21/h1-2,4-5,13-14,19,22H,3,6-12H2/t19-/m1/s1. The van der Waals surface area contributed by atoms with Crippen molar-refractivity contribution in [3.63, 3.8) is 0 Å². The summed E-state index contributed by atoms with van der Waals surface area (Å²) in [5.41, 5.74) is 3.38. The van der Waals surface area contributed by atoms with Gasteiger partial charge in [0.1, 0.15) is 0 Å². The maximum absolute atomic E-state index is 13.0. The number of hydrogen-bond donors (Lipinski definition) is 1. The highest BCUT2D eigenvalue weighted by atomic mass is 16.2. The van der Waals surface area contributed by atoms with Crippen molar-refractivity contribution >= 4 is 16.8 Å². The van der Waals surface area contributed by atoms with Gasteiger partial charge in [0.15, 0.2) is 5.82 Å². The first-order chi connectivity index (χ1) is 13.8. The third-order valence-electron chi connectivity index (χ3n) is 5.79. The Bertz CT molecular complexity index is 1010. The Kier molecular flexibility index (Phi) is 4.52. The fourth-order valence-electron chi connectivity index (χ4n) is 4.29. The van der Waals surface area contributed by atoms with Crippen molar-refractivity contribution < 1.29 is 4.79 Å². The molecule has 5 rings (SSSR count). The van der Waals surface area contributed by atoms with E-state index >= 15 is 0 Å². The van der Waals surface area contributed by atoms with Gasteiger partial charge in [-0.25, -0.2) is 9.97 Å². The summed E-state index contributed by atoms with van der Waals surface area (Å²) in [5, 5.41) is 8.88. The van der Waals surface area contributed by atoms with Gasteiger partial charge in [-0.2, -0.15) is 5.10 Å². The van der Waals surface area contributed by atoms with Crippen molar-refractivity contribution in [2.45, 2.75) is 44.8 Å². The Morgan fingerprint density at radius 1 is 1.25 bits per heavy atom. The van der Waals surface area contributed by atoms with Crippen LogP contribution in [0, 0.1) is 0 Å². The lowest BCUT2D eigenvalue weighted by atomic mass is 10.1. The van der Waals surface area contributed by atoms with Gasteiger partial charge in [-0.15, -0.1) is 0 Å². The van der Waals surface area contributed by atoms with Crippen molar-refractivity contribution in [1.29, 1.82) is 0 Å². The van der Waals surface area contributed by atoms with Crippen LogP contribution in [-0.4, -0.2) is 43.6 Å². The van der Waals surface area contributed by atoms with E-state index in [1.54, 1.807) is 0 Å². The largest absolute Gasteiger partial charge is 0.332 e. The quantitative estimate of drug-likeness (QED) is 0.756. The predicted molar refractivity (Wildman–Crippen MR) is 105 cm³/mol. The van der Waals surface area contributed by atoms with Crippen LogP contribution >= 0.6 is 0 Å². The van der Waals surface area contributed by atoms with E-state index in [1.807, 2.05) is 46.2 Å². The minimum absolute atomic E-state index is 0.00190. The molecule has 1 atom stereocenters. The number of aromatic nitrogens is 4. The summed E-state index contributed by atoms with van der Waals surface area (Å²) < 4.78 is 1.92. The highest BCUT2D eigenvalue weighted by Gasteiger charge is 2.32. The van der Waals surface area contributed by atoms with Gasteiger partial charge in [0.25, 0.3) is 0 Å². The van der Waals surface area contributed by atoms with Crippen LogP contribution < -0.4 is 5.32 Å². The summed E-state index contributed by atoms with van der Waals surface area (Å²) >= 11 is 0. The molecule has 7 nitrogen and oxygen atoms in total. The van der Waals surface area contributed by atoms with Gasteiger partial charge in [-0.3, -0.25) is 9.48 Å². The third kappa shape index (κ3) is 3.16. The molecule has 1 amide bonds. The highest BCUT2D eigenvalue weighted by molar-refractivity contribution is 5.79. The first-order valence-corrected chi connectivity index (χ1v) is 10.0. The summed E-state index contributed by atoms with van der Waals surface area (Å²) in [7, 11) is 0. The lowest BCUT2D eigenvalue weighted by molar-refractivity contribution is -0.132. The third-order valence-corrected chi connectivity index (χ3v) is 5.79. The number of hydrogen-bond acceptors (Lipinski definition) is 5. The molecule has 3 aromatic rings. The highest BCUT2D eigenvalue weighted by Crippen LogP contribution is 2.31. The predicted octanol–water partition coefficient (Wildman–Crippen LogP) is 2.23. The van der Waals surface area contributed by atoms with Crippen LogP contribution in [0.15, 0.2) is 36.7 Å². The number of carbonyl (C=O) groups is 1. The SMILES string of the molecule is O=C(CCn1ncc2ccccc21)N1CCC[C@@H]1c1ncc2c(n1)CCNC2. The van der Waals surface area contributed by atoms with Crippen LogP contribution in [0.3, 0.4) is 0 Å². The molecular formula is C21H24N6O. The molecule has 1 fully saturated rings. The van der Waals surface area contributed by atoms with Crippen LogP contribution in [0.2, 0.25) is 0 Å². The number of rotatable bonds is 4. The van der Waals surface area contributed by atoms with Crippen molar-refractivity contribution in [2.24, 2.45) is 0 Å². The second-order valence-electron chi connectivity index (χ2n) is 7.55. The number of benzene rings is 1. The summed E-state index contributed by atoms with van der Waals surface area (Å²) in [6, 6.07) is 8.09. The molecule has 0 unspecified atom stereocenters. The Morgan fingerprint density at radius 2 is 2.18 bits per heavy atom. The number of likely N-dealkylation sites (tertiary alicyclic amines) is 1. The van der Waals surface area contributed by atoms with Crippen LogP contribution in [0.5, 0.6) is 0 Å². The summed E-state index contributed by atoms with van der Waals surface area (Å²) in [6.07, 6.45) is 7.10. The second kappa shape index (κ2) is 7.31. The first-order valence-electron chi connectivity index (χ1n) is 10.0. The topological polar surface area (TPSA) is 75.9 Å². The molecule has 4 heterocycles. The average molecular weight is 376 g/mol. The number of aryl methyl sites for hydroxylation is 1. The number of nitrogens with zero attached hydrogens (tertiary/aromatic N) is 5. The average Bonchev–Trinajstić information content (AvgIpc) is 3.39. The van der Waals surface area contributed by atoms with E-state index in [2.05, 4.69) is 15.4 Å². The van der Waals surface area contributed by atoms with E-state index in [9.17, 15) is 4.79 Å². The minimum atomic E-state index is 0.00190. The van der Waals surface area contributed by atoms with E-state index in [-0.39, 0.29) is 11.9 Å². The maximum atomic E-state index is 13.0. The molecule has 28 heavy (non-hydrogen) atoms. The van der Waals surface area contributed by atoms with Gasteiger partial charge >= 0.3 is 0 Å². The number of amides is 1. The molecule has 144 valence electrons. The van der Waals surface area contributed by atoms with Gasteiger partial charge in [-0.05, 0) is 18.9 Å². The molecule has 0 radical (unpaired) electrons. The summed E-state index contributed by atoms with van der Waals surface area (Å²) in [5.74, 6) is 0.959. The van der Waals surface area contributed by atoms with Gasteiger partial charge in [0.2, 0.25) is 5.91 Å². The summed E-state index contributed by atoms with van der Waals surface area (Å²) in [6.45, 7) is 3.16. The molecule has 0 aliphatic carbocycles. The van der Waals surface area contributed by atoms with Crippen LogP contribution in [0.25, 0.3) is 10.9 Å². The Balaban J connectivity index is 1.30. The molecular weight excluding hydrogens is 352 g/mol.